The van der Waals surface area contributed by atoms with E-state index >= 15 is 0 Å². The van der Waals surface area contributed by atoms with Crippen LogP contribution in [-0.4, -0.2) is 18.6 Å². The van der Waals surface area contributed by atoms with Crippen LogP contribution in [0.25, 0.3) is 0 Å². The number of benzene rings is 2. The van der Waals surface area contributed by atoms with Crippen LogP contribution in [0, 0.1) is 0 Å². The van der Waals surface area contributed by atoms with Gasteiger partial charge in [-0.05, 0) is 30.5 Å². The van der Waals surface area contributed by atoms with Crippen molar-refractivity contribution in [2.24, 2.45) is 0 Å². The second-order valence-corrected chi connectivity index (χ2v) is 5.38. The number of carbonyl (C=O) groups is 1. The van der Waals surface area contributed by atoms with Gasteiger partial charge < -0.3 is 10.1 Å². The smallest absolute Gasteiger partial charge is 0.261 e. The third-order valence-corrected chi connectivity index (χ3v) is 3.64. The lowest BCUT2D eigenvalue weighted by Gasteiger charge is -2.18. The van der Waals surface area contributed by atoms with Gasteiger partial charge in [0.15, 0.2) is 6.10 Å². The Bertz CT molecular complexity index is 601. The van der Waals surface area contributed by atoms with Crippen LogP contribution in [-0.2, 0) is 11.2 Å². The number of nitrogens with one attached hydrogen (secondary N) is 1. The van der Waals surface area contributed by atoms with Gasteiger partial charge >= 0.3 is 0 Å². The molecule has 0 saturated carbocycles. The first-order valence-corrected chi connectivity index (χ1v) is 7.81. The number of ether oxygens (including phenoxy) is 1. The highest BCUT2D eigenvalue weighted by Crippen LogP contribution is 2.24. The molecule has 3 nitrogen and oxygen atoms in total. The number of carbonyl (C=O) groups excluding carboxylic acids is 1. The van der Waals surface area contributed by atoms with E-state index in [4.69, 9.17) is 16.3 Å². The molecule has 0 spiro atoms. The van der Waals surface area contributed by atoms with Crippen molar-refractivity contribution in [2.75, 3.05) is 6.54 Å². The summed E-state index contributed by atoms with van der Waals surface area (Å²) in [4.78, 5) is 12.2. The van der Waals surface area contributed by atoms with Gasteiger partial charge in [0.25, 0.3) is 5.91 Å². The fraction of sp³-hybridized carbons (Fsp3) is 0.278. The van der Waals surface area contributed by atoms with Crippen LogP contribution in [0.5, 0.6) is 5.75 Å². The molecule has 0 aliphatic heterocycles. The van der Waals surface area contributed by atoms with Gasteiger partial charge in [0, 0.05) is 6.54 Å². The Hall–Kier alpha value is -2.00. The summed E-state index contributed by atoms with van der Waals surface area (Å²) < 4.78 is 5.71. The molecule has 0 fully saturated rings. The molecule has 0 bridgehead atoms. The van der Waals surface area contributed by atoms with Crippen molar-refractivity contribution in [1.82, 2.24) is 5.32 Å². The van der Waals surface area contributed by atoms with Crippen molar-refractivity contribution in [3.05, 3.63) is 65.2 Å². The van der Waals surface area contributed by atoms with Gasteiger partial charge in [-0.15, -0.1) is 0 Å². The molecule has 2 aromatic carbocycles. The van der Waals surface area contributed by atoms with E-state index in [1.807, 2.05) is 49.4 Å². The van der Waals surface area contributed by atoms with Crippen molar-refractivity contribution >= 4 is 17.5 Å². The van der Waals surface area contributed by atoms with Gasteiger partial charge in [0.1, 0.15) is 5.75 Å². The normalized spacial score (nSPS) is 11.7. The lowest BCUT2D eigenvalue weighted by molar-refractivity contribution is -0.128. The van der Waals surface area contributed by atoms with E-state index in [-0.39, 0.29) is 5.91 Å². The van der Waals surface area contributed by atoms with Crippen molar-refractivity contribution in [2.45, 2.75) is 25.9 Å². The Morgan fingerprint density at radius 3 is 2.50 bits per heavy atom. The molecule has 2 aromatic rings. The molecule has 0 aliphatic carbocycles. The van der Waals surface area contributed by atoms with E-state index in [1.54, 1.807) is 12.1 Å². The SMILES string of the molecule is CC[C@H](Oc1ccccc1Cl)C(=O)NCCc1ccccc1. The third-order valence-electron chi connectivity index (χ3n) is 3.32. The van der Waals surface area contributed by atoms with Crippen LogP contribution in [0.2, 0.25) is 5.02 Å². The minimum Gasteiger partial charge on any atom is -0.479 e. The number of hydrogen-bond acceptors (Lipinski definition) is 2. The van der Waals surface area contributed by atoms with E-state index in [0.29, 0.717) is 23.7 Å². The van der Waals surface area contributed by atoms with Crippen molar-refractivity contribution < 1.29 is 9.53 Å². The second kappa shape index (κ2) is 8.44. The summed E-state index contributed by atoms with van der Waals surface area (Å²) in [5, 5.41) is 3.43. The van der Waals surface area contributed by atoms with Crippen LogP contribution < -0.4 is 10.1 Å². The fourth-order valence-electron chi connectivity index (χ4n) is 2.10. The van der Waals surface area contributed by atoms with Gasteiger partial charge in [0.2, 0.25) is 0 Å². The second-order valence-electron chi connectivity index (χ2n) is 4.97. The Kier molecular flexibility index (Phi) is 6.28. The van der Waals surface area contributed by atoms with Gasteiger partial charge in [-0.25, -0.2) is 0 Å². The average molecular weight is 318 g/mol. The highest BCUT2D eigenvalue weighted by atomic mass is 35.5. The molecular weight excluding hydrogens is 298 g/mol. The maximum absolute atomic E-state index is 12.2. The van der Waals surface area contributed by atoms with Crippen molar-refractivity contribution in [3.63, 3.8) is 0 Å². The summed E-state index contributed by atoms with van der Waals surface area (Å²) in [5.41, 5.74) is 1.20. The Morgan fingerprint density at radius 1 is 1.14 bits per heavy atom. The van der Waals surface area contributed by atoms with E-state index in [1.165, 1.54) is 5.56 Å². The molecule has 2 rings (SSSR count). The standard InChI is InChI=1S/C18H20ClNO2/c1-2-16(22-17-11-7-6-10-15(17)19)18(21)20-13-12-14-8-4-3-5-9-14/h3-11,16H,2,12-13H2,1H3,(H,20,21)/t16-/m0/s1. The van der Waals surface area contributed by atoms with Crippen LogP contribution in [0.3, 0.4) is 0 Å². The minimum absolute atomic E-state index is 0.113. The van der Waals surface area contributed by atoms with Crippen molar-refractivity contribution in [3.8, 4) is 5.75 Å². The number of amides is 1. The van der Waals surface area contributed by atoms with Gasteiger partial charge in [-0.3, -0.25) is 4.79 Å². The predicted molar refractivity (Wildman–Crippen MR) is 89.3 cm³/mol. The predicted octanol–water partition coefficient (Wildman–Crippen LogP) is 3.86. The first kappa shape index (κ1) is 16.4. The Balaban J connectivity index is 1.85. The summed E-state index contributed by atoms with van der Waals surface area (Å²) in [7, 11) is 0. The average Bonchev–Trinajstić information content (AvgIpc) is 2.55. The Morgan fingerprint density at radius 2 is 1.82 bits per heavy atom. The lowest BCUT2D eigenvalue weighted by Crippen LogP contribution is -2.39. The first-order valence-electron chi connectivity index (χ1n) is 7.43. The van der Waals surface area contributed by atoms with Crippen LogP contribution in [0.4, 0.5) is 0 Å². The zero-order chi connectivity index (χ0) is 15.8. The molecule has 0 unspecified atom stereocenters. The van der Waals surface area contributed by atoms with E-state index in [2.05, 4.69) is 5.32 Å². The number of para-hydroxylation sites is 1. The highest BCUT2D eigenvalue weighted by Gasteiger charge is 2.18. The van der Waals surface area contributed by atoms with Gasteiger partial charge in [0.05, 0.1) is 5.02 Å². The topological polar surface area (TPSA) is 38.3 Å². The fourth-order valence-corrected chi connectivity index (χ4v) is 2.28. The molecule has 0 radical (unpaired) electrons. The zero-order valence-electron chi connectivity index (χ0n) is 12.6. The Labute approximate surface area is 136 Å². The molecule has 0 aromatic heterocycles. The molecular formula is C18H20ClNO2. The molecule has 0 heterocycles. The largest absolute Gasteiger partial charge is 0.479 e. The van der Waals surface area contributed by atoms with Gasteiger partial charge in [-0.1, -0.05) is 61.0 Å². The molecule has 4 heteroatoms. The summed E-state index contributed by atoms with van der Waals surface area (Å²) in [6.45, 7) is 2.50. The first-order chi connectivity index (χ1) is 10.7. The summed E-state index contributed by atoms with van der Waals surface area (Å²) >= 11 is 6.06. The maximum atomic E-state index is 12.2. The molecule has 1 atom stereocenters. The summed E-state index contributed by atoms with van der Waals surface area (Å²) in [5.74, 6) is 0.424. The molecule has 22 heavy (non-hydrogen) atoms. The molecule has 1 N–H and O–H groups in total. The van der Waals surface area contributed by atoms with Crippen LogP contribution in [0.1, 0.15) is 18.9 Å². The number of halogens is 1. The van der Waals surface area contributed by atoms with Crippen LogP contribution >= 0.6 is 11.6 Å². The van der Waals surface area contributed by atoms with E-state index < -0.39 is 6.10 Å². The quantitative estimate of drug-likeness (QED) is 0.842. The summed E-state index contributed by atoms with van der Waals surface area (Å²) in [6, 6.07) is 17.2. The lowest BCUT2D eigenvalue weighted by atomic mass is 10.1. The van der Waals surface area contributed by atoms with Crippen molar-refractivity contribution in [1.29, 1.82) is 0 Å². The molecule has 0 saturated heterocycles. The molecule has 0 aliphatic rings. The van der Waals surface area contributed by atoms with Gasteiger partial charge in [-0.2, -0.15) is 0 Å². The van der Waals surface area contributed by atoms with E-state index in [0.717, 1.165) is 6.42 Å². The maximum Gasteiger partial charge on any atom is 0.261 e. The molecule has 1 amide bonds. The van der Waals surface area contributed by atoms with E-state index in [9.17, 15) is 4.79 Å². The monoisotopic (exact) mass is 317 g/mol. The number of hydrogen-bond donors (Lipinski definition) is 1. The molecule has 116 valence electrons. The zero-order valence-corrected chi connectivity index (χ0v) is 13.3. The van der Waals surface area contributed by atoms with Crippen LogP contribution in [0.15, 0.2) is 54.6 Å². The summed E-state index contributed by atoms with van der Waals surface area (Å²) in [6.07, 6.45) is 0.855. The third kappa shape index (κ3) is 4.78. The highest BCUT2D eigenvalue weighted by molar-refractivity contribution is 6.32. The minimum atomic E-state index is -0.532. The number of rotatable bonds is 7.